The van der Waals surface area contributed by atoms with Crippen molar-refractivity contribution >= 4 is 23.4 Å². The summed E-state index contributed by atoms with van der Waals surface area (Å²) in [5, 5.41) is 2.77. The number of rotatable bonds is 4. The molecule has 0 aromatic heterocycles. The summed E-state index contributed by atoms with van der Waals surface area (Å²) in [6, 6.07) is 7.28. The summed E-state index contributed by atoms with van der Waals surface area (Å²) in [5.74, 6) is -0.130. The van der Waals surface area contributed by atoms with Crippen LogP contribution in [-0.2, 0) is 4.79 Å². The van der Waals surface area contributed by atoms with Crippen molar-refractivity contribution in [1.82, 2.24) is 0 Å². The Labute approximate surface area is 94.4 Å². The number of thioether (sulfide) groups is 1. The summed E-state index contributed by atoms with van der Waals surface area (Å²) in [6.45, 7) is 1.89. The molecule has 1 rings (SSSR count). The summed E-state index contributed by atoms with van der Waals surface area (Å²) in [7, 11) is 0. The lowest BCUT2D eigenvalue weighted by Gasteiger charge is -2.10. The van der Waals surface area contributed by atoms with Gasteiger partial charge >= 0.3 is 0 Å². The van der Waals surface area contributed by atoms with Crippen molar-refractivity contribution in [3.63, 3.8) is 0 Å². The minimum absolute atomic E-state index is 0.130. The summed E-state index contributed by atoms with van der Waals surface area (Å²) >= 11 is 1.67. The van der Waals surface area contributed by atoms with Gasteiger partial charge in [0.15, 0.2) is 0 Å². The predicted molar refractivity (Wildman–Crippen MR) is 65.1 cm³/mol. The normalized spacial score (nSPS) is 12.2. The van der Waals surface area contributed by atoms with E-state index in [1.165, 1.54) is 4.90 Å². The zero-order valence-electron chi connectivity index (χ0n) is 8.99. The highest BCUT2D eigenvalue weighted by Gasteiger charge is 2.10. The Balaban J connectivity index is 2.61. The van der Waals surface area contributed by atoms with Gasteiger partial charge in [0, 0.05) is 10.6 Å². The van der Waals surface area contributed by atoms with E-state index in [1.807, 2.05) is 37.4 Å². The van der Waals surface area contributed by atoms with Gasteiger partial charge in [-0.2, -0.15) is 0 Å². The summed E-state index contributed by atoms with van der Waals surface area (Å²) in [4.78, 5) is 12.6. The lowest BCUT2D eigenvalue weighted by Crippen LogP contribution is -2.34. The molecule has 0 heterocycles. The van der Waals surface area contributed by atoms with Crippen LogP contribution >= 0.6 is 11.8 Å². The first-order valence-electron chi connectivity index (χ1n) is 4.88. The van der Waals surface area contributed by atoms with E-state index in [0.717, 1.165) is 5.69 Å². The molecule has 0 saturated carbocycles. The maximum atomic E-state index is 11.5. The van der Waals surface area contributed by atoms with Crippen molar-refractivity contribution in [2.75, 3.05) is 11.6 Å². The number of amides is 1. The molecule has 1 atom stereocenters. The number of hydrogen-bond donors (Lipinski definition) is 2. The number of carbonyl (C=O) groups excluding carboxylic acids is 1. The highest BCUT2D eigenvalue weighted by atomic mass is 32.2. The molecular formula is C11H16N2OS. The molecule has 0 saturated heterocycles. The third kappa shape index (κ3) is 3.57. The Bertz CT molecular complexity index is 324. The zero-order chi connectivity index (χ0) is 11.3. The van der Waals surface area contributed by atoms with Gasteiger partial charge in [0.2, 0.25) is 5.91 Å². The van der Waals surface area contributed by atoms with Crippen molar-refractivity contribution in [2.45, 2.75) is 24.3 Å². The minimum Gasteiger partial charge on any atom is -0.325 e. The van der Waals surface area contributed by atoms with Crippen LogP contribution in [0.5, 0.6) is 0 Å². The first-order chi connectivity index (χ1) is 7.17. The fourth-order valence-electron chi connectivity index (χ4n) is 1.09. The first-order valence-corrected chi connectivity index (χ1v) is 6.10. The minimum atomic E-state index is -0.426. The number of anilines is 1. The van der Waals surface area contributed by atoms with Crippen LogP contribution in [0.15, 0.2) is 29.2 Å². The molecular weight excluding hydrogens is 208 g/mol. The lowest BCUT2D eigenvalue weighted by molar-refractivity contribution is -0.117. The summed E-state index contributed by atoms with van der Waals surface area (Å²) < 4.78 is 0. The number of nitrogens with one attached hydrogen (secondary N) is 1. The monoisotopic (exact) mass is 224 g/mol. The Morgan fingerprint density at radius 3 is 2.53 bits per heavy atom. The van der Waals surface area contributed by atoms with Crippen molar-refractivity contribution in [3.8, 4) is 0 Å². The van der Waals surface area contributed by atoms with Gasteiger partial charge in [-0.25, -0.2) is 0 Å². The maximum Gasteiger partial charge on any atom is 0.241 e. The quantitative estimate of drug-likeness (QED) is 0.770. The van der Waals surface area contributed by atoms with Crippen LogP contribution in [0.3, 0.4) is 0 Å². The molecule has 0 aliphatic heterocycles. The van der Waals surface area contributed by atoms with Crippen LogP contribution in [0.2, 0.25) is 0 Å². The van der Waals surface area contributed by atoms with Crippen molar-refractivity contribution in [2.24, 2.45) is 5.73 Å². The third-order valence-electron chi connectivity index (χ3n) is 2.13. The van der Waals surface area contributed by atoms with Gasteiger partial charge in [0.1, 0.15) is 0 Å². The second kappa shape index (κ2) is 5.78. The number of hydrogen-bond acceptors (Lipinski definition) is 3. The fraction of sp³-hybridized carbons (Fsp3) is 0.364. The lowest BCUT2D eigenvalue weighted by atomic mass is 10.2. The van der Waals surface area contributed by atoms with Gasteiger partial charge in [0.05, 0.1) is 6.04 Å². The molecule has 3 N–H and O–H groups in total. The number of nitrogens with two attached hydrogens (primary N) is 1. The molecule has 15 heavy (non-hydrogen) atoms. The maximum absolute atomic E-state index is 11.5. The Morgan fingerprint density at radius 1 is 1.47 bits per heavy atom. The van der Waals surface area contributed by atoms with Crippen molar-refractivity contribution in [1.29, 1.82) is 0 Å². The number of carbonyl (C=O) groups is 1. The average molecular weight is 224 g/mol. The largest absolute Gasteiger partial charge is 0.325 e. The van der Waals surface area contributed by atoms with E-state index >= 15 is 0 Å². The molecule has 0 spiro atoms. The molecule has 0 bridgehead atoms. The molecule has 0 aliphatic rings. The van der Waals surface area contributed by atoms with E-state index in [0.29, 0.717) is 6.42 Å². The van der Waals surface area contributed by atoms with Gasteiger partial charge in [0.25, 0.3) is 0 Å². The van der Waals surface area contributed by atoms with Gasteiger partial charge in [-0.3, -0.25) is 4.79 Å². The van der Waals surface area contributed by atoms with Crippen LogP contribution < -0.4 is 11.1 Å². The van der Waals surface area contributed by atoms with E-state index in [4.69, 9.17) is 5.73 Å². The fourth-order valence-corrected chi connectivity index (χ4v) is 1.50. The summed E-state index contributed by atoms with van der Waals surface area (Å²) in [5.41, 5.74) is 6.40. The van der Waals surface area contributed by atoms with Gasteiger partial charge < -0.3 is 11.1 Å². The Morgan fingerprint density at radius 2 is 2.07 bits per heavy atom. The smallest absolute Gasteiger partial charge is 0.241 e. The van der Waals surface area contributed by atoms with E-state index in [2.05, 4.69) is 5.32 Å². The second-order valence-corrected chi connectivity index (χ2v) is 4.11. The van der Waals surface area contributed by atoms with Crippen LogP contribution in [0.1, 0.15) is 13.3 Å². The van der Waals surface area contributed by atoms with Crippen LogP contribution in [-0.4, -0.2) is 18.2 Å². The predicted octanol–water partition coefficient (Wildman–Crippen LogP) is 2.08. The standard InChI is InChI=1S/C11H16N2OS/c1-3-10(12)11(14)13-8-4-6-9(15-2)7-5-8/h4-7,10H,3,12H2,1-2H3,(H,13,14). The van der Waals surface area contributed by atoms with E-state index in [9.17, 15) is 4.79 Å². The van der Waals surface area contributed by atoms with Crippen molar-refractivity contribution in [3.05, 3.63) is 24.3 Å². The molecule has 0 radical (unpaired) electrons. The van der Waals surface area contributed by atoms with Crippen LogP contribution in [0.4, 0.5) is 5.69 Å². The third-order valence-corrected chi connectivity index (χ3v) is 2.88. The van der Waals surface area contributed by atoms with Crippen molar-refractivity contribution < 1.29 is 4.79 Å². The van der Waals surface area contributed by atoms with E-state index in [-0.39, 0.29) is 5.91 Å². The first kappa shape index (κ1) is 12.1. The highest BCUT2D eigenvalue weighted by molar-refractivity contribution is 7.98. The Hall–Kier alpha value is -1.00. The van der Waals surface area contributed by atoms with Gasteiger partial charge in [-0.15, -0.1) is 11.8 Å². The molecule has 4 heteroatoms. The Kier molecular flexibility index (Phi) is 4.65. The molecule has 0 aliphatic carbocycles. The SMILES string of the molecule is CCC(N)C(=O)Nc1ccc(SC)cc1. The second-order valence-electron chi connectivity index (χ2n) is 3.23. The molecule has 1 aromatic carbocycles. The van der Waals surface area contributed by atoms with Crippen LogP contribution in [0, 0.1) is 0 Å². The number of benzene rings is 1. The highest BCUT2D eigenvalue weighted by Crippen LogP contribution is 2.17. The topological polar surface area (TPSA) is 55.1 Å². The van der Waals surface area contributed by atoms with Gasteiger partial charge in [-0.1, -0.05) is 6.92 Å². The zero-order valence-corrected chi connectivity index (χ0v) is 9.80. The van der Waals surface area contributed by atoms with E-state index < -0.39 is 6.04 Å². The van der Waals surface area contributed by atoms with Gasteiger partial charge in [-0.05, 0) is 36.9 Å². The molecule has 1 unspecified atom stereocenters. The summed E-state index contributed by atoms with van der Waals surface area (Å²) in [6.07, 6.45) is 2.66. The average Bonchev–Trinajstić information content (AvgIpc) is 2.29. The molecule has 0 fully saturated rings. The van der Waals surface area contributed by atoms with E-state index in [1.54, 1.807) is 11.8 Å². The molecule has 1 aromatic rings. The molecule has 3 nitrogen and oxygen atoms in total. The molecule has 1 amide bonds. The molecule has 82 valence electrons. The van der Waals surface area contributed by atoms with Crippen LogP contribution in [0.25, 0.3) is 0 Å².